The smallest absolute Gasteiger partial charge is 0.250 e. The van der Waals surface area contributed by atoms with E-state index in [1.807, 2.05) is 30.3 Å². The van der Waals surface area contributed by atoms with Gasteiger partial charge in [0.05, 0.1) is 11.3 Å². The summed E-state index contributed by atoms with van der Waals surface area (Å²) < 4.78 is 24.3. The number of hydrogen-bond acceptors (Lipinski definition) is 6. The van der Waals surface area contributed by atoms with E-state index in [0.29, 0.717) is 12.2 Å². The average molecular weight is 350 g/mol. The number of fused-ring (bicyclic) bond motifs is 1. The Kier molecular flexibility index (Phi) is 4.27. The van der Waals surface area contributed by atoms with Gasteiger partial charge in [-0.3, -0.25) is 9.97 Å². The van der Waals surface area contributed by atoms with Gasteiger partial charge in [-0.1, -0.05) is 12.1 Å². The highest BCUT2D eigenvalue weighted by Crippen LogP contribution is 2.25. The molecule has 0 aliphatic rings. The molecule has 7 heteroatoms. The van der Waals surface area contributed by atoms with E-state index in [4.69, 9.17) is 9.15 Å². The fraction of sp³-hybridized carbons (Fsp3) is 0.158. The lowest BCUT2D eigenvalue weighted by Crippen LogP contribution is -1.98. The number of benzene rings is 1. The molecule has 1 atom stereocenters. The second-order valence-corrected chi connectivity index (χ2v) is 5.74. The van der Waals surface area contributed by atoms with Crippen molar-refractivity contribution in [3.05, 3.63) is 66.6 Å². The van der Waals surface area contributed by atoms with Gasteiger partial charge in [0.2, 0.25) is 5.89 Å². The normalized spacial score (nSPS) is 12.2. The van der Waals surface area contributed by atoms with Crippen molar-refractivity contribution >= 4 is 10.8 Å². The summed E-state index contributed by atoms with van der Waals surface area (Å²) in [5.41, 5.74) is 1.38. The molecule has 0 aliphatic carbocycles. The van der Waals surface area contributed by atoms with Gasteiger partial charge in [-0.05, 0) is 31.2 Å². The van der Waals surface area contributed by atoms with Crippen LogP contribution >= 0.6 is 0 Å². The summed E-state index contributed by atoms with van der Waals surface area (Å²) in [6.45, 7) is 1.66. The molecule has 0 aliphatic heterocycles. The van der Waals surface area contributed by atoms with Crippen LogP contribution in [0.15, 0.2) is 59.4 Å². The van der Waals surface area contributed by atoms with Gasteiger partial charge in [0, 0.05) is 29.4 Å². The third-order valence-electron chi connectivity index (χ3n) is 3.87. The number of halogens is 1. The maximum Gasteiger partial charge on any atom is 0.250 e. The molecule has 0 amide bonds. The van der Waals surface area contributed by atoms with E-state index in [-0.39, 0.29) is 11.8 Å². The fourth-order valence-corrected chi connectivity index (χ4v) is 2.52. The molecular formula is C19H15FN4O2. The zero-order valence-electron chi connectivity index (χ0n) is 14.0. The first-order valence-electron chi connectivity index (χ1n) is 8.09. The van der Waals surface area contributed by atoms with Crippen LogP contribution in [-0.2, 0) is 6.61 Å². The Hall–Kier alpha value is -3.35. The molecule has 0 saturated carbocycles. The maximum absolute atomic E-state index is 13.2. The number of ether oxygens (including phenoxy) is 1. The van der Waals surface area contributed by atoms with Crippen molar-refractivity contribution in [2.45, 2.75) is 19.7 Å². The predicted octanol–water partition coefficient (Wildman–Crippen LogP) is 4.29. The van der Waals surface area contributed by atoms with Gasteiger partial charge >= 0.3 is 0 Å². The van der Waals surface area contributed by atoms with Gasteiger partial charge < -0.3 is 9.15 Å². The van der Waals surface area contributed by atoms with E-state index in [1.54, 1.807) is 24.7 Å². The monoisotopic (exact) mass is 350 g/mol. The standard InChI is InChI=1S/C19H15FN4O2/c1-12(20)18-23-24-19(26-18)14-5-6-15(22-10-14)11-25-17-4-2-3-13-9-21-8-7-16(13)17/h2-10,12H,11H2,1H3. The van der Waals surface area contributed by atoms with Crippen LogP contribution in [0.3, 0.4) is 0 Å². The molecule has 0 N–H and O–H groups in total. The highest BCUT2D eigenvalue weighted by Gasteiger charge is 2.14. The Morgan fingerprint density at radius 2 is 2.04 bits per heavy atom. The molecule has 0 bridgehead atoms. The van der Waals surface area contributed by atoms with Crippen LogP contribution in [0.5, 0.6) is 5.75 Å². The van der Waals surface area contributed by atoms with Gasteiger partial charge in [0.25, 0.3) is 5.89 Å². The molecule has 4 aromatic rings. The number of aromatic nitrogens is 4. The van der Waals surface area contributed by atoms with Crippen LogP contribution in [0, 0.1) is 0 Å². The Balaban J connectivity index is 1.49. The van der Waals surface area contributed by atoms with Crippen LogP contribution in [0.25, 0.3) is 22.2 Å². The molecule has 0 radical (unpaired) electrons. The van der Waals surface area contributed by atoms with Crippen molar-refractivity contribution in [1.29, 1.82) is 0 Å². The molecule has 0 fully saturated rings. The Morgan fingerprint density at radius 3 is 2.81 bits per heavy atom. The van der Waals surface area contributed by atoms with E-state index >= 15 is 0 Å². The van der Waals surface area contributed by atoms with Crippen LogP contribution < -0.4 is 4.74 Å². The van der Waals surface area contributed by atoms with Crippen LogP contribution in [0.2, 0.25) is 0 Å². The van der Waals surface area contributed by atoms with Gasteiger partial charge in [-0.15, -0.1) is 10.2 Å². The quantitative estimate of drug-likeness (QED) is 0.534. The molecule has 26 heavy (non-hydrogen) atoms. The topological polar surface area (TPSA) is 73.9 Å². The van der Waals surface area contributed by atoms with E-state index in [1.165, 1.54) is 6.92 Å². The summed E-state index contributed by atoms with van der Waals surface area (Å²) in [7, 11) is 0. The minimum absolute atomic E-state index is 0.0437. The molecule has 1 aromatic carbocycles. The first-order chi connectivity index (χ1) is 12.7. The van der Waals surface area contributed by atoms with Crippen molar-refractivity contribution in [2.24, 2.45) is 0 Å². The van der Waals surface area contributed by atoms with Crippen molar-refractivity contribution in [3.63, 3.8) is 0 Å². The molecule has 1 unspecified atom stereocenters. The first kappa shape index (κ1) is 16.1. The van der Waals surface area contributed by atoms with E-state index in [0.717, 1.165) is 22.2 Å². The molecule has 130 valence electrons. The number of alkyl halides is 1. The van der Waals surface area contributed by atoms with E-state index < -0.39 is 6.17 Å². The summed E-state index contributed by atoms with van der Waals surface area (Å²) in [5, 5.41) is 9.52. The molecule has 0 spiro atoms. The summed E-state index contributed by atoms with van der Waals surface area (Å²) in [4.78, 5) is 8.46. The van der Waals surface area contributed by atoms with Crippen LogP contribution in [-0.4, -0.2) is 20.2 Å². The van der Waals surface area contributed by atoms with Crippen LogP contribution in [0.1, 0.15) is 24.7 Å². The lowest BCUT2D eigenvalue weighted by atomic mass is 10.1. The number of hydrogen-bond donors (Lipinski definition) is 0. The van der Waals surface area contributed by atoms with E-state index in [2.05, 4.69) is 20.2 Å². The Bertz CT molecular complexity index is 1030. The molecule has 3 aromatic heterocycles. The van der Waals surface area contributed by atoms with Crippen LogP contribution in [0.4, 0.5) is 4.39 Å². The molecule has 0 saturated heterocycles. The summed E-state index contributed by atoms with van der Waals surface area (Å²) >= 11 is 0. The van der Waals surface area contributed by atoms with Crippen molar-refractivity contribution in [3.8, 4) is 17.2 Å². The van der Waals surface area contributed by atoms with Gasteiger partial charge in [-0.25, -0.2) is 4.39 Å². The fourth-order valence-electron chi connectivity index (χ4n) is 2.52. The SMILES string of the molecule is CC(F)c1nnc(-c2ccc(COc3cccc4cnccc34)nc2)o1. The zero-order valence-corrected chi connectivity index (χ0v) is 14.0. The lowest BCUT2D eigenvalue weighted by molar-refractivity contribution is 0.301. The molecular weight excluding hydrogens is 335 g/mol. The number of pyridine rings is 2. The molecule has 4 rings (SSSR count). The minimum Gasteiger partial charge on any atom is -0.487 e. The van der Waals surface area contributed by atoms with E-state index in [9.17, 15) is 4.39 Å². The Labute approximate surface area is 148 Å². The average Bonchev–Trinajstić information content (AvgIpc) is 3.17. The summed E-state index contributed by atoms with van der Waals surface area (Å²) in [6, 6.07) is 11.3. The highest BCUT2D eigenvalue weighted by molar-refractivity contribution is 5.87. The number of nitrogens with zero attached hydrogens (tertiary/aromatic N) is 4. The molecule has 6 nitrogen and oxygen atoms in total. The predicted molar refractivity (Wildman–Crippen MR) is 93.1 cm³/mol. The van der Waals surface area contributed by atoms with Crippen molar-refractivity contribution in [1.82, 2.24) is 20.2 Å². The van der Waals surface area contributed by atoms with Crippen molar-refractivity contribution in [2.75, 3.05) is 0 Å². The summed E-state index contributed by atoms with van der Waals surface area (Å²) in [5.74, 6) is 0.970. The Morgan fingerprint density at radius 1 is 1.12 bits per heavy atom. The molecule has 3 heterocycles. The minimum atomic E-state index is -1.30. The van der Waals surface area contributed by atoms with Gasteiger partial charge in [0.1, 0.15) is 12.4 Å². The summed E-state index contributed by atoms with van der Waals surface area (Å²) in [6.07, 6.45) is 3.84. The first-order valence-corrected chi connectivity index (χ1v) is 8.09. The second-order valence-electron chi connectivity index (χ2n) is 5.74. The van der Waals surface area contributed by atoms with Gasteiger partial charge in [0.15, 0.2) is 6.17 Å². The zero-order chi connectivity index (χ0) is 17.9. The number of rotatable bonds is 5. The third kappa shape index (κ3) is 3.23. The second kappa shape index (κ2) is 6.87. The van der Waals surface area contributed by atoms with Crippen molar-refractivity contribution < 1.29 is 13.5 Å². The highest BCUT2D eigenvalue weighted by atomic mass is 19.1. The maximum atomic E-state index is 13.2. The third-order valence-corrected chi connectivity index (χ3v) is 3.87. The van der Waals surface area contributed by atoms with Gasteiger partial charge in [-0.2, -0.15) is 0 Å². The largest absolute Gasteiger partial charge is 0.487 e. The lowest BCUT2D eigenvalue weighted by Gasteiger charge is -2.08.